The summed E-state index contributed by atoms with van der Waals surface area (Å²) < 4.78 is 5.41. The Kier molecular flexibility index (Phi) is 9.24. The van der Waals surface area contributed by atoms with Crippen LogP contribution in [0.5, 0.6) is 0 Å². The van der Waals surface area contributed by atoms with Gasteiger partial charge in [0.15, 0.2) is 0 Å². The quantitative estimate of drug-likeness (QED) is 0.297. The van der Waals surface area contributed by atoms with Crippen molar-refractivity contribution < 1.29 is 23.9 Å². The molecular weight excluding hydrogens is 592 g/mol. The number of hydrogen-bond donors (Lipinski definition) is 3. The number of rotatable bonds is 8. The molecule has 1 aromatic carbocycles. The van der Waals surface area contributed by atoms with Crippen LogP contribution in [0.2, 0.25) is 0 Å². The number of benzene rings is 1. The molecule has 45 heavy (non-hydrogen) atoms. The summed E-state index contributed by atoms with van der Waals surface area (Å²) >= 11 is 1.55. The smallest absolute Gasteiger partial charge is 0.408 e. The Labute approximate surface area is 267 Å². The molecule has 1 aliphatic heterocycles. The Balaban J connectivity index is 1.33. The number of likely N-dealkylation sites (tertiary alicyclic amines) is 1. The fraction of sp³-hybridized carbons (Fsp3) is 0.455. The first kappa shape index (κ1) is 32.1. The lowest BCUT2D eigenvalue weighted by Gasteiger charge is -2.31. The van der Waals surface area contributed by atoms with Crippen LogP contribution in [0.15, 0.2) is 47.8 Å². The van der Waals surface area contributed by atoms with Crippen LogP contribution in [0.4, 0.5) is 4.79 Å². The number of pyridine rings is 1. The van der Waals surface area contributed by atoms with Crippen LogP contribution >= 0.6 is 11.3 Å². The van der Waals surface area contributed by atoms with E-state index in [1.807, 2.05) is 47.5 Å². The molecule has 3 heterocycles. The van der Waals surface area contributed by atoms with Gasteiger partial charge in [0.2, 0.25) is 0 Å². The van der Waals surface area contributed by atoms with Crippen molar-refractivity contribution in [3.05, 3.63) is 81.1 Å². The summed E-state index contributed by atoms with van der Waals surface area (Å²) in [7, 11) is 0. The SMILES string of the molecule is Cc1csc([C@H]2CCCN2C(=O)c2cc(C(=O)NNC(=O)[C@@](C)(Cc3ccccc3)NC(=O)OC(C)(C)C)nc(C3CC3)c2)n1. The molecule has 0 unspecified atom stereocenters. The Morgan fingerprint density at radius 1 is 1.00 bits per heavy atom. The summed E-state index contributed by atoms with van der Waals surface area (Å²) in [5, 5.41) is 5.57. The van der Waals surface area contributed by atoms with Crippen molar-refractivity contribution in [2.45, 2.75) is 89.8 Å². The van der Waals surface area contributed by atoms with E-state index in [2.05, 4.69) is 26.1 Å². The van der Waals surface area contributed by atoms with Crippen molar-refractivity contribution in [2.24, 2.45) is 0 Å². The first-order chi connectivity index (χ1) is 21.3. The number of amides is 4. The average molecular weight is 633 g/mol. The van der Waals surface area contributed by atoms with Crippen LogP contribution in [0.3, 0.4) is 0 Å². The Bertz CT molecular complexity index is 1580. The molecule has 0 spiro atoms. The Morgan fingerprint density at radius 2 is 1.73 bits per heavy atom. The first-order valence-corrected chi connectivity index (χ1v) is 16.1. The summed E-state index contributed by atoms with van der Waals surface area (Å²) in [5.74, 6) is -1.32. The highest BCUT2D eigenvalue weighted by molar-refractivity contribution is 7.09. The fourth-order valence-corrected chi connectivity index (χ4v) is 6.31. The van der Waals surface area contributed by atoms with Crippen LogP contribution < -0.4 is 16.2 Å². The summed E-state index contributed by atoms with van der Waals surface area (Å²) in [6.45, 7) is 9.29. The molecule has 12 heteroatoms. The molecule has 11 nitrogen and oxygen atoms in total. The number of hydrazine groups is 1. The van der Waals surface area contributed by atoms with Gasteiger partial charge in [0, 0.05) is 41.2 Å². The number of carbonyl (C=O) groups is 4. The standard InChI is InChI=1S/C33H40N6O5S/c1-20-19-45-28(34-20)26-12-9-15-39(26)29(41)23-16-24(22-13-14-22)35-25(17-23)27(40)37-38-30(42)33(5,18-21-10-7-6-8-11-21)36-31(43)44-32(2,3)4/h6-8,10-11,16-17,19,22,26H,9,12-15,18H2,1-5H3,(H,36,43)(H,37,40)(H,38,42)/t26-,33-/m1/s1. The number of nitrogens with zero attached hydrogens (tertiary/aromatic N) is 3. The van der Waals surface area contributed by atoms with E-state index in [1.54, 1.807) is 45.1 Å². The zero-order chi connectivity index (χ0) is 32.4. The van der Waals surface area contributed by atoms with Gasteiger partial charge in [0.25, 0.3) is 17.7 Å². The van der Waals surface area contributed by atoms with E-state index in [0.717, 1.165) is 41.9 Å². The van der Waals surface area contributed by atoms with E-state index in [1.165, 1.54) is 6.07 Å². The van der Waals surface area contributed by atoms with E-state index < -0.39 is 29.0 Å². The second kappa shape index (κ2) is 13.0. The van der Waals surface area contributed by atoms with Crippen molar-refractivity contribution in [2.75, 3.05) is 6.54 Å². The van der Waals surface area contributed by atoms with Crippen molar-refractivity contribution in [3.63, 3.8) is 0 Å². The average Bonchev–Trinajstić information content (AvgIpc) is 3.57. The molecule has 3 N–H and O–H groups in total. The molecule has 5 rings (SSSR count). The number of alkyl carbamates (subject to hydrolysis) is 1. The van der Waals surface area contributed by atoms with Gasteiger partial charge in [0.05, 0.1) is 6.04 Å². The second-order valence-electron chi connectivity index (χ2n) is 13.0. The second-order valence-corrected chi connectivity index (χ2v) is 13.8. The highest BCUT2D eigenvalue weighted by Crippen LogP contribution is 2.40. The molecular formula is C33H40N6O5S. The maximum atomic E-state index is 13.8. The van der Waals surface area contributed by atoms with Gasteiger partial charge in [-0.15, -0.1) is 11.3 Å². The molecule has 0 radical (unpaired) electrons. The molecule has 0 bridgehead atoms. The lowest BCUT2D eigenvalue weighted by Crippen LogP contribution is -2.61. The van der Waals surface area contributed by atoms with Crippen molar-refractivity contribution in [3.8, 4) is 0 Å². The van der Waals surface area contributed by atoms with Gasteiger partial charge in [0.1, 0.15) is 21.8 Å². The highest BCUT2D eigenvalue weighted by Gasteiger charge is 2.38. The molecule has 2 fully saturated rings. The lowest BCUT2D eigenvalue weighted by molar-refractivity contribution is -0.127. The summed E-state index contributed by atoms with van der Waals surface area (Å²) in [4.78, 5) is 64.4. The zero-order valence-electron chi connectivity index (χ0n) is 26.3. The van der Waals surface area contributed by atoms with Crippen molar-refractivity contribution in [1.29, 1.82) is 0 Å². The first-order valence-electron chi connectivity index (χ1n) is 15.2. The van der Waals surface area contributed by atoms with Gasteiger partial charge in [-0.25, -0.2) is 14.8 Å². The molecule has 1 aliphatic carbocycles. The number of aryl methyl sites for hydroxylation is 1. The summed E-state index contributed by atoms with van der Waals surface area (Å²) in [5.41, 5.74) is 5.46. The predicted octanol–water partition coefficient (Wildman–Crippen LogP) is 4.99. The number of aromatic nitrogens is 2. The van der Waals surface area contributed by atoms with Crippen LogP contribution in [0, 0.1) is 6.92 Å². The Morgan fingerprint density at radius 3 is 2.38 bits per heavy atom. The molecule has 2 aromatic heterocycles. The van der Waals surface area contributed by atoms with Crippen LogP contribution in [0.25, 0.3) is 0 Å². The third kappa shape index (κ3) is 8.05. The minimum Gasteiger partial charge on any atom is -0.444 e. The molecule has 238 valence electrons. The predicted molar refractivity (Wildman–Crippen MR) is 170 cm³/mol. The third-order valence-corrected chi connectivity index (χ3v) is 8.79. The number of ether oxygens (including phenoxy) is 1. The van der Waals surface area contributed by atoms with E-state index in [9.17, 15) is 19.2 Å². The van der Waals surface area contributed by atoms with Gasteiger partial charge in [-0.1, -0.05) is 30.3 Å². The molecule has 4 amide bonds. The maximum Gasteiger partial charge on any atom is 0.408 e. The zero-order valence-corrected chi connectivity index (χ0v) is 27.1. The van der Waals surface area contributed by atoms with E-state index in [0.29, 0.717) is 17.8 Å². The minimum atomic E-state index is -1.47. The fourth-order valence-electron chi connectivity index (χ4n) is 5.37. The minimum absolute atomic E-state index is 0.0220. The van der Waals surface area contributed by atoms with E-state index in [4.69, 9.17) is 4.74 Å². The normalized spacial score (nSPS) is 17.7. The van der Waals surface area contributed by atoms with Gasteiger partial charge in [-0.3, -0.25) is 25.2 Å². The third-order valence-electron chi connectivity index (χ3n) is 7.72. The molecule has 1 saturated carbocycles. The van der Waals surface area contributed by atoms with Crippen LogP contribution in [-0.2, 0) is 16.0 Å². The maximum absolute atomic E-state index is 13.8. The molecule has 1 saturated heterocycles. The highest BCUT2D eigenvalue weighted by atomic mass is 32.1. The largest absolute Gasteiger partial charge is 0.444 e. The lowest BCUT2D eigenvalue weighted by atomic mass is 9.92. The molecule has 2 atom stereocenters. The van der Waals surface area contributed by atoms with Crippen molar-refractivity contribution >= 4 is 35.2 Å². The van der Waals surface area contributed by atoms with Gasteiger partial charge in [-0.05, 0) is 78.0 Å². The van der Waals surface area contributed by atoms with Crippen LogP contribution in [-0.4, -0.2) is 56.4 Å². The van der Waals surface area contributed by atoms with Gasteiger partial charge in [-0.2, -0.15) is 0 Å². The van der Waals surface area contributed by atoms with Gasteiger partial charge >= 0.3 is 6.09 Å². The number of thiazole rings is 1. The van der Waals surface area contributed by atoms with Crippen molar-refractivity contribution in [1.82, 2.24) is 31.0 Å². The topological polar surface area (TPSA) is 143 Å². The number of carbonyl (C=O) groups excluding carboxylic acids is 4. The summed E-state index contributed by atoms with van der Waals surface area (Å²) in [6.07, 6.45) is 2.94. The number of nitrogens with one attached hydrogen (secondary N) is 3. The van der Waals surface area contributed by atoms with E-state index >= 15 is 0 Å². The number of hydrogen-bond acceptors (Lipinski definition) is 8. The Hall–Kier alpha value is -4.32. The van der Waals surface area contributed by atoms with E-state index in [-0.39, 0.29) is 30.0 Å². The monoisotopic (exact) mass is 632 g/mol. The van der Waals surface area contributed by atoms with Crippen LogP contribution in [0.1, 0.15) is 108 Å². The molecule has 3 aromatic rings. The molecule has 2 aliphatic rings. The summed E-state index contributed by atoms with van der Waals surface area (Å²) in [6, 6.07) is 12.4. The van der Waals surface area contributed by atoms with Gasteiger partial charge < -0.3 is 15.0 Å².